The number of aryl methyl sites for hydroxylation is 1. The number of Topliss-reactive ketones (excluding diaryl/α,β-unsaturated/α-hetero) is 1. The van der Waals surface area contributed by atoms with Crippen LogP contribution in [0.5, 0.6) is 0 Å². The molecule has 0 spiro atoms. The number of oxazole rings is 1. The Balaban J connectivity index is 1.94. The Morgan fingerprint density at radius 1 is 1.15 bits per heavy atom. The molecule has 2 aromatic carbocycles. The van der Waals surface area contributed by atoms with Crippen molar-refractivity contribution in [2.75, 3.05) is 11.4 Å². The first-order valence-corrected chi connectivity index (χ1v) is 8.42. The molecular formula is C20H20N2O4. The quantitative estimate of drug-likeness (QED) is 0.661. The molecule has 1 amide bonds. The minimum absolute atomic E-state index is 0.116. The van der Waals surface area contributed by atoms with E-state index in [1.54, 1.807) is 17.0 Å². The van der Waals surface area contributed by atoms with Crippen LogP contribution in [0.2, 0.25) is 0 Å². The van der Waals surface area contributed by atoms with E-state index in [0.29, 0.717) is 23.2 Å². The molecule has 0 fully saturated rings. The molecule has 0 radical (unpaired) electrons. The summed E-state index contributed by atoms with van der Waals surface area (Å²) < 4.78 is 6.51. The second-order valence-corrected chi connectivity index (χ2v) is 6.17. The highest BCUT2D eigenvalue weighted by atomic mass is 16.4. The van der Waals surface area contributed by atoms with E-state index < -0.39 is 5.76 Å². The van der Waals surface area contributed by atoms with Gasteiger partial charge >= 0.3 is 5.76 Å². The van der Waals surface area contributed by atoms with Crippen LogP contribution >= 0.6 is 0 Å². The molecule has 0 atom stereocenters. The van der Waals surface area contributed by atoms with E-state index >= 15 is 0 Å². The van der Waals surface area contributed by atoms with Crippen LogP contribution in [0.4, 0.5) is 5.69 Å². The second kappa shape index (κ2) is 7.00. The number of fused-ring (bicyclic) bond motifs is 1. The molecule has 0 bridgehead atoms. The van der Waals surface area contributed by atoms with E-state index in [2.05, 4.69) is 0 Å². The van der Waals surface area contributed by atoms with E-state index in [1.165, 1.54) is 17.6 Å². The molecule has 0 saturated carbocycles. The molecule has 26 heavy (non-hydrogen) atoms. The molecule has 1 aromatic heterocycles. The monoisotopic (exact) mass is 352 g/mol. The van der Waals surface area contributed by atoms with Crippen molar-refractivity contribution in [2.24, 2.45) is 0 Å². The van der Waals surface area contributed by atoms with Gasteiger partial charge in [-0.2, -0.15) is 0 Å². The highest BCUT2D eigenvalue weighted by Gasteiger charge is 2.19. The van der Waals surface area contributed by atoms with Crippen LogP contribution in [-0.2, 0) is 11.3 Å². The zero-order valence-electron chi connectivity index (χ0n) is 15.0. The first-order valence-electron chi connectivity index (χ1n) is 8.42. The van der Waals surface area contributed by atoms with Crippen LogP contribution in [0.15, 0.2) is 51.7 Å². The van der Waals surface area contributed by atoms with Crippen LogP contribution in [0.3, 0.4) is 0 Å². The Hall–Kier alpha value is -3.15. The minimum atomic E-state index is -0.616. The fraction of sp³-hybridized carbons (Fsp3) is 0.250. The van der Waals surface area contributed by atoms with E-state index in [9.17, 15) is 14.4 Å². The summed E-state index contributed by atoms with van der Waals surface area (Å²) >= 11 is 0. The first-order chi connectivity index (χ1) is 12.4. The van der Waals surface area contributed by atoms with Gasteiger partial charge in [0.2, 0.25) is 5.91 Å². The van der Waals surface area contributed by atoms with Crippen molar-refractivity contribution < 1.29 is 14.0 Å². The van der Waals surface area contributed by atoms with E-state index in [0.717, 1.165) is 11.3 Å². The van der Waals surface area contributed by atoms with Gasteiger partial charge in [0.1, 0.15) is 6.54 Å². The van der Waals surface area contributed by atoms with Gasteiger partial charge in [-0.25, -0.2) is 4.79 Å². The smallest absolute Gasteiger partial charge is 0.408 e. The summed E-state index contributed by atoms with van der Waals surface area (Å²) in [4.78, 5) is 38.1. The molecule has 3 aromatic rings. The molecule has 6 heteroatoms. The van der Waals surface area contributed by atoms with Crippen LogP contribution in [0.25, 0.3) is 11.1 Å². The zero-order chi connectivity index (χ0) is 18.8. The van der Waals surface area contributed by atoms with Crippen molar-refractivity contribution in [3.8, 4) is 0 Å². The molecule has 0 aliphatic carbocycles. The molecule has 0 N–H and O–H groups in total. The van der Waals surface area contributed by atoms with Crippen LogP contribution in [0, 0.1) is 6.92 Å². The van der Waals surface area contributed by atoms with Gasteiger partial charge in [-0.05, 0) is 56.7 Å². The maximum Gasteiger partial charge on any atom is 0.420 e. The number of benzene rings is 2. The van der Waals surface area contributed by atoms with Crippen molar-refractivity contribution in [3.63, 3.8) is 0 Å². The Kier molecular flexibility index (Phi) is 4.75. The lowest BCUT2D eigenvalue weighted by molar-refractivity contribution is -0.119. The van der Waals surface area contributed by atoms with Gasteiger partial charge in [0.15, 0.2) is 11.4 Å². The molecule has 0 unspecified atom stereocenters. The summed E-state index contributed by atoms with van der Waals surface area (Å²) in [5, 5.41) is 0. The Bertz CT molecular complexity index is 1050. The maximum absolute atomic E-state index is 12.8. The van der Waals surface area contributed by atoms with Crippen molar-refractivity contribution >= 4 is 28.5 Å². The number of hydrogen-bond acceptors (Lipinski definition) is 4. The summed E-state index contributed by atoms with van der Waals surface area (Å²) in [6.07, 6.45) is 0. The van der Waals surface area contributed by atoms with Gasteiger partial charge in [0, 0.05) is 17.8 Å². The molecule has 134 valence electrons. The molecule has 0 saturated heterocycles. The molecule has 0 aliphatic heterocycles. The van der Waals surface area contributed by atoms with E-state index in [1.807, 2.05) is 38.1 Å². The number of anilines is 1. The lowest BCUT2D eigenvalue weighted by Gasteiger charge is -2.21. The largest absolute Gasteiger partial charge is 0.420 e. The SMILES string of the molecule is CCN(C(=O)Cn1c(=O)oc2cc(C(C)=O)ccc21)c1cccc(C)c1. The fourth-order valence-electron chi connectivity index (χ4n) is 2.95. The predicted molar refractivity (Wildman–Crippen MR) is 99.7 cm³/mol. The molecular weight excluding hydrogens is 332 g/mol. The Morgan fingerprint density at radius 2 is 1.92 bits per heavy atom. The van der Waals surface area contributed by atoms with Crippen molar-refractivity contribution in [3.05, 3.63) is 64.1 Å². The second-order valence-electron chi connectivity index (χ2n) is 6.17. The predicted octanol–water partition coefficient (Wildman–Crippen LogP) is 3.16. The summed E-state index contributed by atoms with van der Waals surface area (Å²) in [6, 6.07) is 12.4. The highest BCUT2D eigenvalue weighted by molar-refractivity contribution is 5.97. The normalized spacial score (nSPS) is 10.9. The third-order valence-corrected chi connectivity index (χ3v) is 4.30. The van der Waals surface area contributed by atoms with Gasteiger partial charge in [0.05, 0.1) is 5.52 Å². The minimum Gasteiger partial charge on any atom is -0.408 e. The number of amides is 1. The number of hydrogen-bond donors (Lipinski definition) is 0. The number of likely N-dealkylation sites (N-methyl/N-ethyl adjacent to an activating group) is 1. The Morgan fingerprint density at radius 3 is 2.58 bits per heavy atom. The van der Waals surface area contributed by atoms with Crippen molar-refractivity contribution in [2.45, 2.75) is 27.3 Å². The molecule has 1 heterocycles. The van der Waals surface area contributed by atoms with Crippen molar-refractivity contribution in [1.82, 2.24) is 4.57 Å². The van der Waals surface area contributed by atoms with Gasteiger partial charge in [-0.1, -0.05) is 12.1 Å². The van der Waals surface area contributed by atoms with Crippen LogP contribution in [-0.4, -0.2) is 22.8 Å². The fourth-order valence-corrected chi connectivity index (χ4v) is 2.95. The topological polar surface area (TPSA) is 72.5 Å². The average molecular weight is 352 g/mol. The summed E-state index contributed by atoms with van der Waals surface area (Å²) in [6.45, 7) is 5.65. The number of carbonyl (C=O) groups excluding carboxylic acids is 2. The van der Waals surface area contributed by atoms with Crippen molar-refractivity contribution in [1.29, 1.82) is 0 Å². The van der Waals surface area contributed by atoms with Crippen LogP contribution < -0.4 is 10.7 Å². The zero-order valence-corrected chi connectivity index (χ0v) is 15.0. The standard InChI is InChI=1S/C20H20N2O4/c1-4-21(16-7-5-6-13(2)10-16)19(24)12-22-17-9-8-15(14(3)23)11-18(17)26-20(22)25/h5-11H,4,12H2,1-3H3. The molecule has 0 aliphatic rings. The number of rotatable bonds is 5. The first kappa shape index (κ1) is 17.7. The van der Waals surface area contributed by atoms with Gasteiger partial charge in [0.25, 0.3) is 0 Å². The number of nitrogens with zero attached hydrogens (tertiary/aromatic N) is 2. The molecule has 3 rings (SSSR count). The average Bonchev–Trinajstić information content (AvgIpc) is 2.90. The van der Waals surface area contributed by atoms with Gasteiger partial charge in [-0.3, -0.25) is 14.2 Å². The Labute approximate surface area is 150 Å². The highest BCUT2D eigenvalue weighted by Crippen LogP contribution is 2.19. The third kappa shape index (κ3) is 3.31. The third-order valence-electron chi connectivity index (χ3n) is 4.30. The number of aromatic nitrogens is 1. The van der Waals surface area contributed by atoms with Crippen LogP contribution in [0.1, 0.15) is 29.8 Å². The summed E-state index contributed by atoms with van der Waals surface area (Å²) in [7, 11) is 0. The van der Waals surface area contributed by atoms with E-state index in [4.69, 9.17) is 4.42 Å². The molecule has 6 nitrogen and oxygen atoms in total. The van der Waals surface area contributed by atoms with E-state index in [-0.39, 0.29) is 18.2 Å². The maximum atomic E-state index is 12.8. The van der Waals surface area contributed by atoms with Gasteiger partial charge in [-0.15, -0.1) is 0 Å². The lowest BCUT2D eigenvalue weighted by Crippen LogP contribution is -2.35. The van der Waals surface area contributed by atoms with Gasteiger partial charge < -0.3 is 9.32 Å². The lowest BCUT2D eigenvalue weighted by atomic mass is 10.1. The summed E-state index contributed by atoms with van der Waals surface area (Å²) in [5.74, 6) is -0.942. The summed E-state index contributed by atoms with van der Waals surface area (Å²) in [5.41, 5.74) is 3.09. The number of ketones is 1. The number of carbonyl (C=O) groups is 2.